The maximum Gasteiger partial charge on any atom is 0.251 e. The molecule has 0 aliphatic carbocycles. The maximum atomic E-state index is 13.8. The molecule has 0 radical (unpaired) electrons. The van der Waals surface area contributed by atoms with Crippen LogP contribution in [0.15, 0.2) is 49.1 Å². The number of halogens is 2. The van der Waals surface area contributed by atoms with E-state index in [1.165, 1.54) is 19.2 Å². The Hall–Kier alpha value is -2.89. The molecule has 0 aromatic heterocycles. The normalized spacial score (nSPS) is 11.5. The zero-order valence-corrected chi connectivity index (χ0v) is 14.0. The van der Waals surface area contributed by atoms with Crippen LogP contribution in [-0.2, 0) is 0 Å². The highest BCUT2D eigenvalue weighted by atomic mass is 19.1. The van der Waals surface area contributed by atoms with E-state index in [2.05, 4.69) is 11.9 Å². The van der Waals surface area contributed by atoms with Gasteiger partial charge < -0.3 is 14.8 Å². The molecule has 4 nitrogen and oxygen atoms in total. The molecule has 0 saturated carbocycles. The lowest BCUT2D eigenvalue weighted by Crippen LogP contribution is -2.27. The Kier molecular flexibility index (Phi) is 6.11. The second kappa shape index (κ2) is 8.28. The number of hydrogen-bond donors (Lipinski definition) is 1. The molecule has 1 unspecified atom stereocenters. The van der Waals surface area contributed by atoms with Crippen molar-refractivity contribution < 1.29 is 23.0 Å². The van der Waals surface area contributed by atoms with Gasteiger partial charge >= 0.3 is 0 Å². The molecule has 0 spiro atoms. The van der Waals surface area contributed by atoms with Crippen molar-refractivity contribution >= 4 is 5.91 Å². The van der Waals surface area contributed by atoms with Crippen LogP contribution in [0.1, 0.15) is 28.9 Å². The first kappa shape index (κ1) is 18.4. The summed E-state index contributed by atoms with van der Waals surface area (Å²) in [4.78, 5) is 12.4. The number of benzene rings is 2. The summed E-state index contributed by atoms with van der Waals surface area (Å²) in [5.41, 5.74) is 0.532. The molecule has 1 atom stereocenters. The minimum Gasteiger partial charge on any atom is -0.493 e. The summed E-state index contributed by atoms with van der Waals surface area (Å²) in [5, 5.41) is 2.67. The molecule has 0 aliphatic rings. The van der Waals surface area contributed by atoms with Crippen molar-refractivity contribution in [2.45, 2.75) is 13.0 Å². The SMILES string of the molecule is C=CCOc1ccc(C(=O)NC(C)c2ccc(F)cc2F)cc1OC. The smallest absolute Gasteiger partial charge is 0.251 e. The van der Waals surface area contributed by atoms with Gasteiger partial charge in [-0.1, -0.05) is 18.7 Å². The summed E-state index contributed by atoms with van der Waals surface area (Å²) < 4.78 is 37.4. The van der Waals surface area contributed by atoms with Crippen LogP contribution >= 0.6 is 0 Å². The first-order valence-electron chi connectivity index (χ1n) is 7.63. The fraction of sp³-hybridized carbons (Fsp3) is 0.211. The molecular formula is C19H19F2NO3. The van der Waals surface area contributed by atoms with E-state index < -0.39 is 23.6 Å². The van der Waals surface area contributed by atoms with E-state index >= 15 is 0 Å². The van der Waals surface area contributed by atoms with Crippen molar-refractivity contribution in [1.82, 2.24) is 5.32 Å². The lowest BCUT2D eigenvalue weighted by atomic mass is 10.1. The van der Waals surface area contributed by atoms with Crippen LogP contribution < -0.4 is 14.8 Å². The van der Waals surface area contributed by atoms with Gasteiger partial charge in [0.25, 0.3) is 5.91 Å². The van der Waals surface area contributed by atoms with Gasteiger partial charge in [0.2, 0.25) is 0 Å². The minimum atomic E-state index is -0.710. The summed E-state index contributed by atoms with van der Waals surface area (Å²) in [7, 11) is 1.47. The number of methoxy groups -OCH3 is 1. The van der Waals surface area contributed by atoms with Crippen molar-refractivity contribution in [3.8, 4) is 11.5 Å². The van der Waals surface area contributed by atoms with Crippen LogP contribution in [0.2, 0.25) is 0 Å². The summed E-state index contributed by atoms with van der Waals surface area (Å²) in [5.74, 6) is -0.908. The Balaban J connectivity index is 2.15. The highest BCUT2D eigenvalue weighted by Crippen LogP contribution is 2.28. The van der Waals surface area contributed by atoms with Crippen molar-refractivity contribution in [1.29, 1.82) is 0 Å². The van der Waals surface area contributed by atoms with Gasteiger partial charge in [0.15, 0.2) is 11.5 Å². The van der Waals surface area contributed by atoms with Gasteiger partial charge in [0.1, 0.15) is 18.2 Å². The third kappa shape index (κ3) is 4.56. The Bertz CT molecular complexity index is 777. The predicted octanol–water partition coefficient (Wildman–Crippen LogP) is 4.03. The van der Waals surface area contributed by atoms with E-state index in [0.29, 0.717) is 23.7 Å². The topological polar surface area (TPSA) is 47.6 Å². The Morgan fingerprint density at radius 3 is 2.64 bits per heavy atom. The number of hydrogen-bond acceptors (Lipinski definition) is 3. The number of amides is 1. The average Bonchev–Trinajstić information content (AvgIpc) is 2.59. The van der Waals surface area contributed by atoms with Crippen LogP contribution in [0, 0.1) is 11.6 Å². The molecule has 25 heavy (non-hydrogen) atoms. The second-order valence-corrected chi connectivity index (χ2v) is 5.33. The number of ether oxygens (including phenoxy) is 2. The number of nitrogens with one attached hydrogen (secondary N) is 1. The molecule has 6 heteroatoms. The van der Waals surface area contributed by atoms with Gasteiger partial charge in [-0.2, -0.15) is 0 Å². The summed E-state index contributed by atoms with van der Waals surface area (Å²) in [6.07, 6.45) is 1.60. The van der Waals surface area contributed by atoms with Crippen molar-refractivity contribution in [2.75, 3.05) is 13.7 Å². The molecule has 2 aromatic carbocycles. The fourth-order valence-electron chi connectivity index (χ4n) is 2.29. The molecule has 0 saturated heterocycles. The van der Waals surface area contributed by atoms with Gasteiger partial charge in [-0.3, -0.25) is 4.79 Å². The fourth-order valence-corrected chi connectivity index (χ4v) is 2.29. The molecular weight excluding hydrogens is 328 g/mol. The highest BCUT2D eigenvalue weighted by Gasteiger charge is 2.17. The molecule has 0 bridgehead atoms. The molecule has 0 fully saturated rings. The predicted molar refractivity (Wildman–Crippen MR) is 90.9 cm³/mol. The number of carbonyl (C=O) groups is 1. The Labute approximate surface area is 145 Å². The largest absolute Gasteiger partial charge is 0.493 e. The Morgan fingerprint density at radius 1 is 1.24 bits per heavy atom. The molecule has 0 aliphatic heterocycles. The molecule has 0 heterocycles. The van der Waals surface area contributed by atoms with Crippen molar-refractivity contribution in [2.24, 2.45) is 0 Å². The van der Waals surface area contributed by atoms with Crippen LogP contribution in [0.5, 0.6) is 11.5 Å². The summed E-state index contributed by atoms with van der Waals surface area (Å²) in [6, 6.07) is 7.33. The van der Waals surface area contributed by atoms with Crippen LogP contribution in [0.25, 0.3) is 0 Å². The second-order valence-electron chi connectivity index (χ2n) is 5.33. The van der Waals surface area contributed by atoms with E-state index in [0.717, 1.165) is 12.1 Å². The van der Waals surface area contributed by atoms with Crippen LogP contribution in [0.4, 0.5) is 8.78 Å². The van der Waals surface area contributed by atoms with E-state index in [4.69, 9.17) is 9.47 Å². The molecule has 1 amide bonds. The van der Waals surface area contributed by atoms with Crippen LogP contribution in [-0.4, -0.2) is 19.6 Å². The zero-order valence-electron chi connectivity index (χ0n) is 14.0. The van der Waals surface area contributed by atoms with Gasteiger partial charge in [-0.05, 0) is 31.2 Å². The maximum absolute atomic E-state index is 13.8. The van der Waals surface area contributed by atoms with E-state index in [9.17, 15) is 13.6 Å². The van der Waals surface area contributed by atoms with Crippen LogP contribution in [0.3, 0.4) is 0 Å². The molecule has 132 valence electrons. The summed E-state index contributed by atoms with van der Waals surface area (Å²) >= 11 is 0. The lowest BCUT2D eigenvalue weighted by Gasteiger charge is -2.16. The highest BCUT2D eigenvalue weighted by molar-refractivity contribution is 5.95. The first-order valence-corrected chi connectivity index (χ1v) is 7.63. The van der Waals surface area contributed by atoms with E-state index in [1.807, 2.05) is 0 Å². The Morgan fingerprint density at radius 2 is 2.00 bits per heavy atom. The average molecular weight is 347 g/mol. The lowest BCUT2D eigenvalue weighted by molar-refractivity contribution is 0.0939. The number of carbonyl (C=O) groups excluding carboxylic acids is 1. The standard InChI is InChI=1S/C19H19F2NO3/c1-4-9-25-17-8-5-13(10-18(17)24-3)19(23)22-12(2)15-7-6-14(20)11-16(15)21/h4-8,10-12H,1,9H2,2-3H3,(H,22,23). The number of rotatable bonds is 7. The molecule has 1 N–H and O–H groups in total. The molecule has 2 rings (SSSR count). The van der Waals surface area contributed by atoms with Gasteiger partial charge in [0.05, 0.1) is 13.2 Å². The third-order valence-corrected chi connectivity index (χ3v) is 3.56. The first-order chi connectivity index (χ1) is 12.0. The third-order valence-electron chi connectivity index (χ3n) is 3.56. The van der Waals surface area contributed by atoms with Gasteiger partial charge in [-0.25, -0.2) is 8.78 Å². The summed E-state index contributed by atoms with van der Waals surface area (Å²) in [6.45, 7) is 5.49. The van der Waals surface area contributed by atoms with Gasteiger partial charge in [-0.15, -0.1) is 0 Å². The zero-order chi connectivity index (χ0) is 18.4. The molecule has 2 aromatic rings. The van der Waals surface area contributed by atoms with Crippen molar-refractivity contribution in [3.63, 3.8) is 0 Å². The monoisotopic (exact) mass is 347 g/mol. The quantitative estimate of drug-likeness (QED) is 0.769. The minimum absolute atomic E-state index is 0.202. The van der Waals surface area contributed by atoms with Gasteiger partial charge in [0, 0.05) is 17.2 Å². The van der Waals surface area contributed by atoms with E-state index in [1.54, 1.807) is 25.1 Å². The van der Waals surface area contributed by atoms with Crippen molar-refractivity contribution in [3.05, 3.63) is 71.8 Å². The van der Waals surface area contributed by atoms with E-state index in [-0.39, 0.29) is 5.56 Å².